The van der Waals surface area contributed by atoms with Crippen molar-refractivity contribution in [2.24, 2.45) is 5.73 Å². The second-order valence-corrected chi connectivity index (χ2v) is 4.48. The highest BCUT2D eigenvalue weighted by molar-refractivity contribution is 5.31. The van der Waals surface area contributed by atoms with Gasteiger partial charge in [-0.25, -0.2) is 0 Å². The molecule has 0 amide bonds. The average Bonchev–Trinajstić information content (AvgIpc) is 2.38. The van der Waals surface area contributed by atoms with Crippen LogP contribution in [0.15, 0.2) is 54.6 Å². The fourth-order valence-corrected chi connectivity index (χ4v) is 2.26. The Bertz CT molecular complexity index is 462. The van der Waals surface area contributed by atoms with E-state index in [4.69, 9.17) is 5.73 Å². The summed E-state index contributed by atoms with van der Waals surface area (Å²) in [5, 5.41) is 0. The maximum Gasteiger partial charge on any atom is 0.000419 e. The third-order valence-corrected chi connectivity index (χ3v) is 3.24. The largest absolute Gasteiger partial charge is 0.330 e. The van der Waals surface area contributed by atoms with Crippen LogP contribution >= 0.6 is 0 Å². The third-order valence-electron chi connectivity index (χ3n) is 3.24. The van der Waals surface area contributed by atoms with Crippen molar-refractivity contribution >= 4 is 0 Å². The van der Waals surface area contributed by atoms with Crippen molar-refractivity contribution < 1.29 is 0 Å². The van der Waals surface area contributed by atoms with E-state index in [1.165, 1.54) is 16.7 Å². The van der Waals surface area contributed by atoms with Crippen molar-refractivity contribution in [2.45, 2.75) is 19.3 Å². The summed E-state index contributed by atoms with van der Waals surface area (Å²) in [5.41, 5.74) is 9.98. The van der Waals surface area contributed by atoms with Crippen LogP contribution in [0, 0.1) is 6.92 Å². The molecule has 2 aromatic rings. The molecule has 0 saturated heterocycles. The highest BCUT2D eigenvalue weighted by Gasteiger charge is 2.12. The second-order valence-electron chi connectivity index (χ2n) is 4.48. The van der Waals surface area contributed by atoms with Crippen LogP contribution in [0.1, 0.15) is 22.6 Å². The molecule has 0 fully saturated rings. The molecule has 0 aromatic heterocycles. The Morgan fingerprint density at radius 3 is 2.24 bits per heavy atom. The topological polar surface area (TPSA) is 26.0 Å². The molecule has 0 saturated carbocycles. The number of benzene rings is 2. The zero-order valence-corrected chi connectivity index (χ0v) is 10.3. The van der Waals surface area contributed by atoms with E-state index in [-0.39, 0.29) is 0 Å². The molecule has 1 atom stereocenters. The Kier molecular flexibility index (Phi) is 3.94. The summed E-state index contributed by atoms with van der Waals surface area (Å²) in [5.74, 6) is 0.415. The van der Waals surface area contributed by atoms with Crippen LogP contribution in [0.25, 0.3) is 0 Å². The van der Waals surface area contributed by atoms with E-state index in [1.807, 2.05) is 0 Å². The molecule has 0 aliphatic carbocycles. The Morgan fingerprint density at radius 2 is 1.59 bits per heavy atom. The van der Waals surface area contributed by atoms with Crippen LogP contribution in [0.5, 0.6) is 0 Å². The molecule has 1 nitrogen and oxygen atoms in total. The van der Waals surface area contributed by atoms with Crippen LogP contribution < -0.4 is 5.73 Å². The van der Waals surface area contributed by atoms with Crippen LogP contribution in [0.2, 0.25) is 0 Å². The van der Waals surface area contributed by atoms with E-state index in [1.54, 1.807) is 0 Å². The van der Waals surface area contributed by atoms with Crippen molar-refractivity contribution in [3.05, 3.63) is 71.3 Å². The van der Waals surface area contributed by atoms with Gasteiger partial charge in [-0.2, -0.15) is 0 Å². The van der Waals surface area contributed by atoms with Gasteiger partial charge in [0.25, 0.3) is 0 Å². The molecule has 88 valence electrons. The van der Waals surface area contributed by atoms with Crippen molar-refractivity contribution in [2.75, 3.05) is 6.54 Å². The van der Waals surface area contributed by atoms with Gasteiger partial charge >= 0.3 is 0 Å². The minimum atomic E-state index is 0.415. The van der Waals surface area contributed by atoms with E-state index < -0.39 is 0 Å². The first-order chi connectivity index (χ1) is 8.31. The molecule has 17 heavy (non-hydrogen) atoms. The van der Waals surface area contributed by atoms with Gasteiger partial charge in [0.15, 0.2) is 0 Å². The molecule has 1 unspecified atom stereocenters. The monoisotopic (exact) mass is 225 g/mol. The summed E-state index contributed by atoms with van der Waals surface area (Å²) in [7, 11) is 0. The fourth-order valence-electron chi connectivity index (χ4n) is 2.26. The van der Waals surface area contributed by atoms with E-state index in [0.717, 1.165) is 6.42 Å². The fraction of sp³-hybridized carbons (Fsp3) is 0.250. The van der Waals surface area contributed by atoms with Crippen molar-refractivity contribution in [1.82, 2.24) is 0 Å². The third kappa shape index (κ3) is 2.95. The van der Waals surface area contributed by atoms with Gasteiger partial charge in [0, 0.05) is 5.92 Å². The molecule has 0 heterocycles. The van der Waals surface area contributed by atoms with Crippen LogP contribution in [0.3, 0.4) is 0 Å². The first-order valence-corrected chi connectivity index (χ1v) is 6.11. The van der Waals surface area contributed by atoms with Gasteiger partial charge in [-0.05, 0) is 36.6 Å². The summed E-state index contributed by atoms with van der Waals surface area (Å²) in [4.78, 5) is 0. The lowest BCUT2D eigenvalue weighted by Crippen LogP contribution is -2.16. The normalized spacial score (nSPS) is 12.4. The van der Waals surface area contributed by atoms with Crippen molar-refractivity contribution in [1.29, 1.82) is 0 Å². The minimum Gasteiger partial charge on any atom is -0.330 e. The maximum absolute atomic E-state index is 5.92. The van der Waals surface area contributed by atoms with E-state index >= 15 is 0 Å². The van der Waals surface area contributed by atoms with Gasteiger partial charge in [0.1, 0.15) is 0 Å². The molecule has 0 aliphatic heterocycles. The lowest BCUT2D eigenvalue weighted by Gasteiger charge is -2.17. The Balaban J connectivity index is 2.21. The molecule has 2 aromatic carbocycles. The second kappa shape index (κ2) is 5.65. The lowest BCUT2D eigenvalue weighted by molar-refractivity contribution is 0.690. The Morgan fingerprint density at radius 1 is 0.941 bits per heavy atom. The Labute approximate surface area is 103 Å². The van der Waals surface area contributed by atoms with Crippen LogP contribution in [0.4, 0.5) is 0 Å². The number of hydrogen-bond donors (Lipinski definition) is 1. The molecule has 0 aliphatic rings. The Hall–Kier alpha value is -1.60. The van der Waals surface area contributed by atoms with Crippen molar-refractivity contribution in [3.63, 3.8) is 0 Å². The van der Waals surface area contributed by atoms with Gasteiger partial charge in [0.05, 0.1) is 0 Å². The minimum absolute atomic E-state index is 0.415. The molecule has 2 rings (SSSR count). The predicted octanol–water partition coefficient (Wildman–Crippen LogP) is 3.28. The smallest absolute Gasteiger partial charge is 0.000419 e. The summed E-state index contributed by atoms with van der Waals surface area (Å²) in [6, 6.07) is 19.1. The standard InChI is InChI=1S/C16H19N/c1-13-7-5-6-10-16(13)15(12-17)11-14-8-3-2-4-9-14/h2-10,15H,11-12,17H2,1H3. The molecule has 0 bridgehead atoms. The zero-order valence-electron chi connectivity index (χ0n) is 10.3. The number of nitrogens with two attached hydrogens (primary N) is 1. The molecule has 0 radical (unpaired) electrons. The van der Waals surface area contributed by atoms with Gasteiger partial charge in [-0.1, -0.05) is 54.6 Å². The number of hydrogen-bond acceptors (Lipinski definition) is 1. The summed E-state index contributed by atoms with van der Waals surface area (Å²) in [6.45, 7) is 2.85. The van der Waals surface area contributed by atoms with Crippen LogP contribution in [-0.4, -0.2) is 6.54 Å². The van der Waals surface area contributed by atoms with Gasteiger partial charge < -0.3 is 5.73 Å². The first kappa shape index (κ1) is 11.9. The molecular formula is C16H19N. The lowest BCUT2D eigenvalue weighted by atomic mass is 9.89. The average molecular weight is 225 g/mol. The highest BCUT2D eigenvalue weighted by atomic mass is 14.5. The van der Waals surface area contributed by atoms with Crippen LogP contribution in [-0.2, 0) is 6.42 Å². The SMILES string of the molecule is Cc1ccccc1C(CN)Cc1ccccc1. The predicted molar refractivity (Wildman–Crippen MR) is 73.1 cm³/mol. The van der Waals surface area contributed by atoms with E-state index in [2.05, 4.69) is 61.5 Å². The maximum atomic E-state index is 5.92. The summed E-state index contributed by atoms with van der Waals surface area (Å²) in [6.07, 6.45) is 1.02. The zero-order chi connectivity index (χ0) is 12.1. The van der Waals surface area contributed by atoms with Gasteiger partial charge in [0.2, 0.25) is 0 Å². The highest BCUT2D eigenvalue weighted by Crippen LogP contribution is 2.22. The quantitative estimate of drug-likeness (QED) is 0.849. The molecule has 1 heteroatoms. The molecular weight excluding hydrogens is 206 g/mol. The molecule has 2 N–H and O–H groups in total. The van der Waals surface area contributed by atoms with Crippen molar-refractivity contribution in [3.8, 4) is 0 Å². The van der Waals surface area contributed by atoms with Gasteiger partial charge in [-0.15, -0.1) is 0 Å². The number of aryl methyl sites for hydroxylation is 1. The van der Waals surface area contributed by atoms with E-state index in [0.29, 0.717) is 12.5 Å². The first-order valence-electron chi connectivity index (χ1n) is 6.11. The summed E-state index contributed by atoms with van der Waals surface area (Å²) >= 11 is 0. The number of rotatable bonds is 4. The molecule has 0 spiro atoms. The van der Waals surface area contributed by atoms with Gasteiger partial charge in [-0.3, -0.25) is 0 Å². The van der Waals surface area contributed by atoms with E-state index in [9.17, 15) is 0 Å². The summed E-state index contributed by atoms with van der Waals surface area (Å²) < 4.78 is 0.